The van der Waals surface area contributed by atoms with E-state index in [-0.39, 0.29) is 0 Å². The van der Waals surface area contributed by atoms with Crippen LogP contribution in [0, 0.1) is 0 Å². The fraction of sp³-hybridized carbons (Fsp3) is 0.0385. The average Bonchev–Trinajstić information content (AvgIpc) is 3.93. The van der Waals surface area contributed by atoms with Crippen LogP contribution in [0.25, 0.3) is 76.8 Å². The summed E-state index contributed by atoms with van der Waals surface area (Å²) in [5.41, 5.74) is 10.9. The summed E-state index contributed by atoms with van der Waals surface area (Å²) in [6, 6.07) is 69.2. The summed E-state index contributed by atoms with van der Waals surface area (Å²) in [5, 5.41) is 7.13. The van der Waals surface area contributed by atoms with E-state index in [0.29, 0.717) is 5.84 Å². The summed E-state index contributed by atoms with van der Waals surface area (Å²) < 4.78 is 7.16. The van der Waals surface area contributed by atoms with Gasteiger partial charge in [0.25, 0.3) is 0 Å². The van der Waals surface area contributed by atoms with E-state index in [9.17, 15) is 0 Å². The third-order valence-electron chi connectivity index (χ3n) is 11.9. The van der Waals surface area contributed by atoms with Crippen LogP contribution in [-0.2, 0) is 0 Å². The number of aliphatic imine (C=N–C) groups is 2. The van der Waals surface area contributed by atoms with Crippen LogP contribution in [0.3, 0.4) is 0 Å². The third kappa shape index (κ3) is 4.66. The summed E-state index contributed by atoms with van der Waals surface area (Å²) in [7, 11) is 2.14. The van der Waals surface area contributed by atoms with Gasteiger partial charge in [0, 0.05) is 61.9 Å². The second-order valence-electron chi connectivity index (χ2n) is 15.0. The van der Waals surface area contributed by atoms with Crippen molar-refractivity contribution in [2.75, 3.05) is 7.05 Å². The molecule has 0 saturated carbocycles. The lowest BCUT2D eigenvalue weighted by Gasteiger charge is -2.34. The minimum Gasteiger partial charge on any atom is -0.320 e. The first-order chi connectivity index (χ1) is 28.7. The van der Waals surface area contributed by atoms with Gasteiger partial charge in [0.15, 0.2) is 5.84 Å². The summed E-state index contributed by atoms with van der Waals surface area (Å²) >= 11 is 0. The fourth-order valence-electron chi connectivity index (χ4n) is 9.41. The number of para-hydroxylation sites is 8. The minimum atomic E-state index is -0.457. The molecular formula is C52H36N6. The van der Waals surface area contributed by atoms with Crippen molar-refractivity contribution < 1.29 is 0 Å². The van der Waals surface area contributed by atoms with Gasteiger partial charge in [-0.05, 0) is 60.7 Å². The molecule has 0 fully saturated rings. The van der Waals surface area contributed by atoms with Gasteiger partial charge < -0.3 is 18.6 Å². The molecule has 1 unspecified atom stereocenters. The van der Waals surface area contributed by atoms with Crippen molar-refractivity contribution in [3.63, 3.8) is 0 Å². The molecule has 11 aromatic rings. The molecule has 12 rings (SSSR count). The smallest absolute Gasteiger partial charge is 0.206 e. The number of aromatic nitrogens is 3. The summed E-state index contributed by atoms with van der Waals surface area (Å²) in [4.78, 5) is 13.7. The van der Waals surface area contributed by atoms with Gasteiger partial charge in [-0.1, -0.05) is 133 Å². The molecule has 1 aliphatic rings. The maximum atomic E-state index is 5.71. The molecule has 4 heterocycles. The Labute approximate surface area is 334 Å². The van der Waals surface area contributed by atoms with Crippen molar-refractivity contribution in [3.05, 3.63) is 205 Å². The number of amidine groups is 2. The number of benzene rings is 8. The topological polar surface area (TPSA) is 42.8 Å². The molecular weight excluding hydrogens is 709 g/mol. The fourth-order valence-corrected chi connectivity index (χ4v) is 9.41. The van der Waals surface area contributed by atoms with Gasteiger partial charge in [0.2, 0.25) is 6.29 Å². The maximum absolute atomic E-state index is 5.71. The zero-order valence-corrected chi connectivity index (χ0v) is 31.7. The standard InChI is InChI=1S/C52H36N6/c1-55-51(43-29-17-27-41-39-25-11-13-31-45(39)57(49(41)43)35-20-6-3-7-21-35)53-50(54-52(55)58-46-32-14-8-22-36(46)37-23-9-15-33-47(37)58)42-28-16-26-40-38-24-10-12-30-44(38)56(48(40)42)34-18-4-2-5-19-34/h2-33,52H,1H3. The van der Waals surface area contributed by atoms with E-state index >= 15 is 0 Å². The number of fused-ring (bicyclic) bond motifs is 9. The monoisotopic (exact) mass is 744 g/mol. The lowest BCUT2D eigenvalue weighted by atomic mass is 10.1. The molecule has 274 valence electrons. The molecule has 0 aliphatic carbocycles. The molecule has 0 amide bonds. The molecule has 0 spiro atoms. The van der Waals surface area contributed by atoms with Crippen LogP contribution < -0.4 is 0 Å². The van der Waals surface area contributed by atoms with E-state index in [0.717, 1.165) is 66.8 Å². The van der Waals surface area contributed by atoms with E-state index in [4.69, 9.17) is 9.98 Å². The Morgan fingerprint density at radius 3 is 1.29 bits per heavy atom. The highest BCUT2D eigenvalue weighted by atomic mass is 15.4. The zero-order valence-electron chi connectivity index (χ0n) is 31.7. The van der Waals surface area contributed by atoms with Crippen molar-refractivity contribution in [3.8, 4) is 11.4 Å². The Morgan fingerprint density at radius 2 is 0.776 bits per heavy atom. The van der Waals surface area contributed by atoms with Crippen molar-refractivity contribution in [1.29, 1.82) is 0 Å². The molecule has 6 nitrogen and oxygen atoms in total. The summed E-state index contributed by atoms with van der Waals surface area (Å²) in [5.74, 6) is 1.53. The van der Waals surface area contributed by atoms with Gasteiger partial charge >= 0.3 is 0 Å². The predicted molar refractivity (Wildman–Crippen MR) is 241 cm³/mol. The molecule has 0 radical (unpaired) electrons. The second kappa shape index (κ2) is 12.7. The average molecular weight is 745 g/mol. The van der Waals surface area contributed by atoms with Crippen LogP contribution >= 0.6 is 0 Å². The normalized spacial score (nSPS) is 14.6. The van der Waals surface area contributed by atoms with Gasteiger partial charge in [-0.25, -0.2) is 9.98 Å². The van der Waals surface area contributed by atoms with Gasteiger partial charge in [-0.15, -0.1) is 0 Å². The van der Waals surface area contributed by atoms with Gasteiger partial charge in [-0.3, -0.25) is 0 Å². The minimum absolute atomic E-state index is 0.457. The number of hydrogen-bond acceptors (Lipinski definition) is 3. The zero-order chi connectivity index (χ0) is 38.3. The quantitative estimate of drug-likeness (QED) is 0.173. The molecule has 1 aliphatic heterocycles. The molecule has 0 saturated heterocycles. The van der Waals surface area contributed by atoms with E-state index < -0.39 is 6.29 Å². The van der Waals surface area contributed by atoms with E-state index in [2.05, 4.69) is 220 Å². The molecule has 0 bridgehead atoms. The van der Waals surface area contributed by atoms with Gasteiger partial charge in [-0.2, -0.15) is 0 Å². The van der Waals surface area contributed by atoms with Crippen LogP contribution in [0.5, 0.6) is 0 Å². The van der Waals surface area contributed by atoms with E-state index in [1.807, 2.05) is 0 Å². The summed E-state index contributed by atoms with van der Waals surface area (Å²) in [6.45, 7) is 0. The molecule has 1 atom stereocenters. The highest BCUT2D eigenvalue weighted by Gasteiger charge is 2.32. The number of hydrogen-bond donors (Lipinski definition) is 0. The Morgan fingerprint density at radius 1 is 0.379 bits per heavy atom. The first-order valence-corrected chi connectivity index (χ1v) is 19.8. The molecule has 3 aromatic heterocycles. The van der Waals surface area contributed by atoms with Crippen LogP contribution in [0.1, 0.15) is 17.4 Å². The highest BCUT2D eigenvalue weighted by molar-refractivity contribution is 6.24. The van der Waals surface area contributed by atoms with Crippen molar-refractivity contribution >= 4 is 77.1 Å². The molecule has 58 heavy (non-hydrogen) atoms. The highest BCUT2D eigenvalue weighted by Crippen LogP contribution is 2.40. The molecule has 0 N–H and O–H groups in total. The van der Waals surface area contributed by atoms with Crippen LogP contribution in [0.15, 0.2) is 204 Å². The van der Waals surface area contributed by atoms with Crippen molar-refractivity contribution in [2.45, 2.75) is 6.29 Å². The predicted octanol–water partition coefficient (Wildman–Crippen LogP) is 12.3. The van der Waals surface area contributed by atoms with Crippen molar-refractivity contribution in [2.24, 2.45) is 9.98 Å². The van der Waals surface area contributed by atoms with E-state index in [1.165, 1.54) is 26.9 Å². The van der Waals surface area contributed by atoms with Crippen molar-refractivity contribution in [1.82, 2.24) is 18.6 Å². The Balaban J connectivity index is 1.20. The van der Waals surface area contributed by atoms with Crippen LogP contribution in [-0.4, -0.2) is 37.3 Å². The third-order valence-corrected chi connectivity index (χ3v) is 11.9. The first-order valence-electron chi connectivity index (χ1n) is 19.8. The second-order valence-corrected chi connectivity index (χ2v) is 15.0. The Hall–Kier alpha value is -7.70. The number of rotatable bonds is 5. The largest absolute Gasteiger partial charge is 0.320 e. The van der Waals surface area contributed by atoms with E-state index in [1.54, 1.807) is 0 Å². The summed E-state index contributed by atoms with van der Waals surface area (Å²) in [6.07, 6.45) is -0.457. The molecule has 6 heteroatoms. The van der Waals surface area contributed by atoms with Gasteiger partial charge in [0.05, 0.1) is 33.1 Å². The van der Waals surface area contributed by atoms with Crippen LogP contribution in [0.4, 0.5) is 0 Å². The molecule has 8 aromatic carbocycles. The SMILES string of the molecule is CN1C(c2cccc3c4ccccc4n(-c4ccccc4)c23)=NC(c2cccc3c4ccccc4n(-c4ccccc4)c23)=NC1n1c2ccccc2c2ccccc21. The maximum Gasteiger partial charge on any atom is 0.206 e. The van der Waals surface area contributed by atoms with Crippen LogP contribution in [0.2, 0.25) is 0 Å². The number of nitrogens with zero attached hydrogens (tertiary/aromatic N) is 6. The Bertz CT molecular complexity index is 3420. The first kappa shape index (κ1) is 32.5. The lowest BCUT2D eigenvalue weighted by Crippen LogP contribution is -2.38. The Kier molecular flexibility index (Phi) is 7.10. The van der Waals surface area contributed by atoms with Gasteiger partial charge in [0.1, 0.15) is 5.84 Å². The lowest BCUT2D eigenvalue weighted by molar-refractivity contribution is 0.297.